The molecule has 0 aliphatic rings. The maximum Gasteiger partial charge on any atom is 0.255 e. The average molecular weight is 458 g/mol. The van der Waals surface area contributed by atoms with Gasteiger partial charge in [0.15, 0.2) is 0 Å². The molecule has 1 atom stereocenters. The zero-order valence-electron chi connectivity index (χ0n) is 20.0. The van der Waals surface area contributed by atoms with E-state index in [0.717, 1.165) is 5.56 Å². The highest BCUT2D eigenvalue weighted by Gasteiger charge is 2.17. The quantitative estimate of drug-likeness (QED) is 0.445. The van der Waals surface area contributed by atoms with Gasteiger partial charge in [-0.15, -0.1) is 0 Å². The van der Waals surface area contributed by atoms with Gasteiger partial charge in [-0.3, -0.25) is 14.4 Å². The van der Waals surface area contributed by atoms with Crippen LogP contribution in [0.1, 0.15) is 60.4 Å². The second-order valence-electron chi connectivity index (χ2n) is 9.32. The van der Waals surface area contributed by atoms with E-state index in [-0.39, 0.29) is 35.6 Å². The van der Waals surface area contributed by atoms with Crippen LogP contribution in [0.3, 0.4) is 0 Å². The Bertz CT molecular complexity index is 1150. The number of benzene rings is 3. The summed E-state index contributed by atoms with van der Waals surface area (Å²) in [4.78, 5) is 37.7. The molecule has 3 aromatic carbocycles. The monoisotopic (exact) mass is 457 g/mol. The van der Waals surface area contributed by atoms with Gasteiger partial charge in [-0.1, -0.05) is 63.2 Å². The summed E-state index contributed by atoms with van der Waals surface area (Å²) in [6, 6.07) is 23.0. The molecule has 3 rings (SSSR count). The van der Waals surface area contributed by atoms with Gasteiger partial charge >= 0.3 is 0 Å². The SMILES string of the molecule is CC(CC(=O)Nc1ccccc1NC(=O)c1ccc(C(C)(C)C)cc1)NC(=O)c1ccccc1. The van der Waals surface area contributed by atoms with Crippen LogP contribution in [0, 0.1) is 0 Å². The van der Waals surface area contributed by atoms with Gasteiger partial charge in [0.05, 0.1) is 11.4 Å². The van der Waals surface area contributed by atoms with Crippen LogP contribution in [-0.2, 0) is 10.2 Å². The number of nitrogens with one attached hydrogen (secondary N) is 3. The summed E-state index contributed by atoms with van der Waals surface area (Å²) in [5.41, 5.74) is 3.22. The van der Waals surface area contributed by atoms with Crippen LogP contribution in [-0.4, -0.2) is 23.8 Å². The largest absolute Gasteiger partial charge is 0.349 e. The van der Waals surface area contributed by atoms with Crippen molar-refractivity contribution in [2.75, 3.05) is 10.6 Å². The minimum absolute atomic E-state index is 0.00356. The number of amides is 3. The van der Waals surface area contributed by atoms with Gasteiger partial charge in [0.1, 0.15) is 0 Å². The lowest BCUT2D eigenvalue weighted by Gasteiger charge is -2.19. The Balaban J connectivity index is 1.60. The molecule has 0 spiro atoms. The Morgan fingerprint density at radius 1 is 0.706 bits per heavy atom. The fourth-order valence-corrected chi connectivity index (χ4v) is 3.44. The van der Waals surface area contributed by atoms with E-state index in [1.54, 1.807) is 67.6 Å². The molecule has 6 heteroatoms. The third-order valence-electron chi connectivity index (χ3n) is 5.37. The molecule has 34 heavy (non-hydrogen) atoms. The third kappa shape index (κ3) is 6.78. The molecule has 176 valence electrons. The Kier molecular flexibility index (Phi) is 7.84. The van der Waals surface area contributed by atoms with E-state index >= 15 is 0 Å². The molecule has 3 aromatic rings. The van der Waals surface area contributed by atoms with E-state index in [9.17, 15) is 14.4 Å². The van der Waals surface area contributed by atoms with Crippen molar-refractivity contribution in [1.82, 2.24) is 5.32 Å². The van der Waals surface area contributed by atoms with Crippen molar-refractivity contribution in [3.8, 4) is 0 Å². The first-order valence-electron chi connectivity index (χ1n) is 11.3. The van der Waals surface area contributed by atoms with Gasteiger partial charge in [-0.2, -0.15) is 0 Å². The van der Waals surface area contributed by atoms with Crippen molar-refractivity contribution in [1.29, 1.82) is 0 Å². The highest BCUT2D eigenvalue weighted by molar-refractivity contribution is 6.07. The highest BCUT2D eigenvalue weighted by atomic mass is 16.2. The van der Waals surface area contributed by atoms with Crippen molar-refractivity contribution in [3.63, 3.8) is 0 Å². The van der Waals surface area contributed by atoms with Crippen LogP contribution in [0.2, 0.25) is 0 Å². The van der Waals surface area contributed by atoms with Gasteiger partial charge in [0.25, 0.3) is 11.8 Å². The first-order chi connectivity index (χ1) is 16.1. The molecule has 0 saturated carbocycles. The maximum absolute atomic E-state index is 12.8. The zero-order valence-corrected chi connectivity index (χ0v) is 20.0. The molecule has 1 unspecified atom stereocenters. The number of carbonyl (C=O) groups is 3. The standard InChI is InChI=1S/C28H31N3O3/c1-19(29-26(33)20-10-6-5-7-11-20)18-25(32)30-23-12-8-9-13-24(23)31-27(34)21-14-16-22(17-15-21)28(2,3)4/h5-17,19H,18H2,1-4H3,(H,29,33)(H,30,32)(H,31,34). The van der Waals surface area contributed by atoms with Gasteiger partial charge in [0.2, 0.25) is 5.91 Å². The predicted octanol–water partition coefficient (Wildman–Crippen LogP) is 5.38. The molecule has 0 aliphatic heterocycles. The summed E-state index contributed by atoms with van der Waals surface area (Å²) < 4.78 is 0. The first-order valence-corrected chi connectivity index (χ1v) is 11.3. The molecule has 3 amide bonds. The Morgan fingerprint density at radius 3 is 1.82 bits per heavy atom. The Labute approximate surface area is 200 Å². The number of carbonyl (C=O) groups excluding carboxylic acids is 3. The van der Waals surface area contributed by atoms with Crippen molar-refractivity contribution in [3.05, 3.63) is 95.6 Å². The lowest BCUT2D eigenvalue weighted by molar-refractivity contribution is -0.116. The van der Waals surface area contributed by atoms with E-state index in [2.05, 4.69) is 36.7 Å². The van der Waals surface area contributed by atoms with Crippen molar-refractivity contribution < 1.29 is 14.4 Å². The normalized spacial score (nSPS) is 11.9. The minimum atomic E-state index is -0.365. The molecule has 0 heterocycles. The predicted molar refractivity (Wildman–Crippen MR) is 136 cm³/mol. The fourth-order valence-electron chi connectivity index (χ4n) is 3.44. The van der Waals surface area contributed by atoms with E-state index in [0.29, 0.717) is 22.5 Å². The summed E-state index contributed by atoms with van der Waals surface area (Å²) in [5, 5.41) is 8.54. The summed E-state index contributed by atoms with van der Waals surface area (Å²) in [6.07, 6.45) is 0.0924. The Hall–Kier alpha value is -3.93. The van der Waals surface area contributed by atoms with Gasteiger partial charge < -0.3 is 16.0 Å². The number of rotatable bonds is 7. The van der Waals surface area contributed by atoms with E-state index < -0.39 is 0 Å². The first kappa shape index (κ1) is 24.7. The lowest BCUT2D eigenvalue weighted by Crippen LogP contribution is -2.35. The summed E-state index contributed by atoms with van der Waals surface area (Å²) in [6.45, 7) is 8.13. The maximum atomic E-state index is 12.8. The molecule has 0 saturated heterocycles. The van der Waals surface area contributed by atoms with Gasteiger partial charge in [-0.25, -0.2) is 0 Å². The number of anilines is 2. The van der Waals surface area contributed by atoms with Crippen molar-refractivity contribution in [2.45, 2.75) is 45.6 Å². The van der Waals surface area contributed by atoms with E-state index in [1.807, 2.05) is 18.2 Å². The van der Waals surface area contributed by atoms with Crippen molar-refractivity contribution >= 4 is 29.1 Å². The zero-order chi connectivity index (χ0) is 24.7. The van der Waals surface area contributed by atoms with Crippen LogP contribution >= 0.6 is 0 Å². The molecule has 0 radical (unpaired) electrons. The average Bonchev–Trinajstić information content (AvgIpc) is 2.80. The van der Waals surface area contributed by atoms with Crippen LogP contribution < -0.4 is 16.0 Å². The number of para-hydroxylation sites is 2. The fraction of sp³-hybridized carbons (Fsp3) is 0.250. The molecule has 3 N–H and O–H groups in total. The molecule has 0 fully saturated rings. The number of hydrogen-bond acceptors (Lipinski definition) is 3. The second kappa shape index (κ2) is 10.8. The topological polar surface area (TPSA) is 87.3 Å². The second-order valence-corrected chi connectivity index (χ2v) is 9.32. The van der Waals surface area contributed by atoms with E-state index in [1.165, 1.54) is 0 Å². The molecule has 0 aliphatic carbocycles. The molecule has 6 nitrogen and oxygen atoms in total. The summed E-state index contributed by atoms with van der Waals surface area (Å²) >= 11 is 0. The van der Waals surface area contributed by atoms with Gasteiger partial charge in [-0.05, 0) is 54.3 Å². The number of hydrogen-bond donors (Lipinski definition) is 3. The highest BCUT2D eigenvalue weighted by Crippen LogP contribution is 2.24. The van der Waals surface area contributed by atoms with Crippen LogP contribution in [0.4, 0.5) is 11.4 Å². The summed E-state index contributed by atoms with van der Waals surface area (Å²) in [7, 11) is 0. The van der Waals surface area contributed by atoms with Crippen LogP contribution in [0.25, 0.3) is 0 Å². The molecular formula is C28H31N3O3. The lowest BCUT2D eigenvalue weighted by atomic mass is 9.87. The molecule has 0 aromatic heterocycles. The molecular weight excluding hydrogens is 426 g/mol. The van der Waals surface area contributed by atoms with E-state index in [4.69, 9.17) is 0 Å². The third-order valence-corrected chi connectivity index (χ3v) is 5.37. The van der Waals surface area contributed by atoms with Crippen LogP contribution in [0.15, 0.2) is 78.9 Å². The summed E-state index contributed by atoms with van der Waals surface area (Å²) in [5.74, 6) is -0.756. The minimum Gasteiger partial charge on any atom is -0.349 e. The smallest absolute Gasteiger partial charge is 0.255 e. The Morgan fingerprint density at radius 2 is 1.24 bits per heavy atom. The van der Waals surface area contributed by atoms with Gasteiger partial charge in [0, 0.05) is 23.6 Å². The molecule has 0 bridgehead atoms. The van der Waals surface area contributed by atoms with Crippen LogP contribution in [0.5, 0.6) is 0 Å². The van der Waals surface area contributed by atoms with Crippen molar-refractivity contribution in [2.24, 2.45) is 0 Å².